The lowest BCUT2D eigenvalue weighted by Crippen LogP contribution is -2.28. The highest BCUT2D eigenvalue weighted by Gasteiger charge is 2.14. The fourth-order valence-electron chi connectivity index (χ4n) is 3.14. The van der Waals surface area contributed by atoms with Gasteiger partial charge in [-0.2, -0.15) is 0 Å². The Hall–Kier alpha value is -2.70. The van der Waals surface area contributed by atoms with Gasteiger partial charge in [0.2, 0.25) is 5.90 Å². The lowest BCUT2D eigenvalue weighted by molar-refractivity contribution is 0.112. The van der Waals surface area contributed by atoms with Crippen LogP contribution in [0.15, 0.2) is 53.5 Å². The molecule has 1 aliphatic rings. The minimum Gasteiger partial charge on any atom is -0.439 e. The number of aliphatic hydroxyl groups is 1. The average Bonchev–Trinajstić information content (AvgIpc) is 2.98. The first-order valence-corrected chi connectivity index (χ1v) is 9.38. The monoisotopic (exact) mass is 383 g/mol. The zero-order valence-electron chi connectivity index (χ0n) is 16.8. The van der Waals surface area contributed by atoms with E-state index in [1.165, 1.54) is 0 Å². The number of aldehydes is 1. The molecule has 0 atom stereocenters. The van der Waals surface area contributed by atoms with Gasteiger partial charge in [0.1, 0.15) is 12.0 Å². The molecule has 28 heavy (non-hydrogen) atoms. The standard InChI is InChI=1S/C21H25N3O2.CH4O/c1-22-21(18-7-3-6-17(14-18)16-25)26-20-9-4-8-19(15-20)24-11-5-10-23(2)12-13-24;1-2/h3-4,6-9,14-16H,5,10-13H2,1-2H3;2H,1H3. The normalized spacial score (nSPS) is 15.3. The lowest BCUT2D eigenvalue weighted by Gasteiger charge is -2.23. The van der Waals surface area contributed by atoms with Gasteiger partial charge in [-0.3, -0.25) is 9.79 Å². The first-order chi connectivity index (χ1) is 13.7. The SMILES string of the molecule is CN=C(Oc1cccc(N2CCCN(C)CC2)c1)c1cccc(C=O)c1.CO. The quantitative estimate of drug-likeness (QED) is 0.500. The summed E-state index contributed by atoms with van der Waals surface area (Å²) in [6.07, 6.45) is 1.98. The topological polar surface area (TPSA) is 65.4 Å². The van der Waals surface area contributed by atoms with Crippen LogP contribution in [0.5, 0.6) is 5.75 Å². The van der Waals surface area contributed by atoms with Crippen molar-refractivity contribution in [1.29, 1.82) is 0 Å². The van der Waals surface area contributed by atoms with Crippen LogP contribution in [-0.2, 0) is 0 Å². The Bertz CT molecular complexity index is 792. The van der Waals surface area contributed by atoms with Gasteiger partial charge in [0.25, 0.3) is 0 Å². The molecule has 1 heterocycles. The number of aliphatic hydroxyl groups excluding tert-OH is 1. The number of ether oxygens (including phenoxy) is 1. The zero-order valence-corrected chi connectivity index (χ0v) is 16.8. The highest BCUT2D eigenvalue weighted by atomic mass is 16.5. The van der Waals surface area contributed by atoms with Gasteiger partial charge in [0, 0.05) is 56.7 Å². The molecule has 0 aliphatic carbocycles. The minimum absolute atomic E-state index is 0.501. The number of benzene rings is 2. The number of carbonyl (C=O) groups excluding carboxylic acids is 1. The number of carbonyl (C=O) groups is 1. The maximum Gasteiger partial charge on any atom is 0.221 e. The van der Waals surface area contributed by atoms with Crippen LogP contribution < -0.4 is 9.64 Å². The molecular weight excluding hydrogens is 354 g/mol. The summed E-state index contributed by atoms with van der Waals surface area (Å²) in [5.41, 5.74) is 2.56. The lowest BCUT2D eigenvalue weighted by atomic mass is 10.1. The number of aliphatic imine (C=N–C) groups is 1. The van der Waals surface area contributed by atoms with Crippen molar-refractivity contribution in [3.05, 3.63) is 59.7 Å². The molecule has 150 valence electrons. The Balaban J connectivity index is 0.00000136. The first-order valence-electron chi connectivity index (χ1n) is 9.38. The highest BCUT2D eigenvalue weighted by Crippen LogP contribution is 2.23. The van der Waals surface area contributed by atoms with Crippen molar-refractivity contribution in [1.82, 2.24) is 4.90 Å². The van der Waals surface area contributed by atoms with Crippen molar-refractivity contribution < 1.29 is 14.6 Å². The summed E-state index contributed by atoms with van der Waals surface area (Å²) in [6, 6.07) is 15.4. The Morgan fingerprint density at radius 3 is 2.61 bits per heavy atom. The molecule has 6 heteroatoms. The first kappa shape index (κ1) is 21.6. The number of hydrogen-bond donors (Lipinski definition) is 1. The number of nitrogens with zero attached hydrogens (tertiary/aromatic N) is 3. The van der Waals surface area contributed by atoms with Gasteiger partial charge in [0.15, 0.2) is 0 Å². The van der Waals surface area contributed by atoms with Crippen LogP contribution in [0, 0.1) is 0 Å². The van der Waals surface area contributed by atoms with Crippen molar-refractivity contribution in [3.63, 3.8) is 0 Å². The van der Waals surface area contributed by atoms with Crippen LogP contribution in [-0.4, -0.2) is 69.6 Å². The number of hydrogen-bond acceptors (Lipinski definition) is 6. The summed E-state index contributed by atoms with van der Waals surface area (Å²) in [6.45, 7) is 4.25. The molecule has 2 aromatic rings. The Morgan fingerprint density at radius 2 is 1.86 bits per heavy atom. The van der Waals surface area contributed by atoms with E-state index >= 15 is 0 Å². The number of likely N-dealkylation sites (N-methyl/N-ethyl adjacent to an activating group) is 1. The number of anilines is 1. The third-order valence-electron chi connectivity index (χ3n) is 4.59. The summed E-state index contributed by atoms with van der Waals surface area (Å²) >= 11 is 0. The molecule has 1 N–H and O–H groups in total. The van der Waals surface area contributed by atoms with Crippen LogP contribution >= 0.6 is 0 Å². The van der Waals surface area contributed by atoms with E-state index in [0.717, 1.165) is 63.0 Å². The predicted octanol–water partition coefficient (Wildman–Crippen LogP) is 2.70. The zero-order chi connectivity index (χ0) is 20.4. The van der Waals surface area contributed by atoms with E-state index in [1.54, 1.807) is 19.2 Å². The molecule has 1 aliphatic heterocycles. The van der Waals surface area contributed by atoms with Crippen LogP contribution in [0.2, 0.25) is 0 Å². The number of rotatable bonds is 4. The fourth-order valence-corrected chi connectivity index (χ4v) is 3.14. The largest absolute Gasteiger partial charge is 0.439 e. The predicted molar refractivity (Wildman–Crippen MR) is 114 cm³/mol. The van der Waals surface area contributed by atoms with E-state index in [0.29, 0.717) is 11.5 Å². The second kappa shape index (κ2) is 11.2. The van der Waals surface area contributed by atoms with Crippen molar-refractivity contribution in [2.24, 2.45) is 4.99 Å². The van der Waals surface area contributed by atoms with Gasteiger partial charge in [-0.1, -0.05) is 18.2 Å². The van der Waals surface area contributed by atoms with Crippen LogP contribution in [0.1, 0.15) is 22.3 Å². The maximum atomic E-state index is 11.0. The third-order valence-corrected chi connectivity index (χ3v) is 4.59. The molecule has 0 radical (unpaired) electrons. The molecule has 1 fully saturated rings. The third kappa shape index (κ3) is 5.90. The molecule has 6 nitrogen and oxygen atoms in total. The van der Waals surface area contributed by atoms with Gasteiger partial charge in [-0.15, -0.1) is 0 Å². The Morgan fingerprint density at radius 1 is 1.07 bits per heavy atom. The van der Waals surface area contributed by atoms with Gasteiger partial charge in [-0.25, -0.2) is 0 Å². The molecule has 0 spiro atoms. The van der Waals surface area contributed by atoms with E-state index in [2.05, 4.69) is 34.0 Å². The van der Waals surface area contributed by atoms with Crippen molar-refractivity contribution >= 4 is 17.9 Å². The summed E-state index contributed by atoms with van der Waals surface area (Å²) in [4.78, 5) is 20.0. The average molecular weight is 383 g/mol. The molecule has 0 aromatic heterocycles. The maximum absolute atomic E-state index is 11.0. The molecule has 3 rings (SSSR count). The van der Waals surface area contributed by atoms with E-state index < -0.39 is 0 Å². The second-order valence-electron chi connectivity index (χ2n) is 6.52. The van der Waals surface area contributed by atoms with Crippen molar-refractivity contribution in [2.45, 2.75) is 6.42 Å². The van der Waals surface area contributed by atoms with Crippen molar-refractivity contribution in [3.8, 4) is 5.75 Å². The fraction of sp³-hybridized carbons (Fsp3) is 0.364. The van der Waals surface area contributed by atoms with E-state index in [4.69, 9.17) is 9.84 Å². The molecule has 0 saturated carbocycles. The van der Waals surface area contributed by atoms with Gasteiger partial charge < -0.3 is 19.6 Å². The van der Waals surface area contributed by atoms with E-state index in [1.807, 2.05) is 24.3 Å². The molecule has 0 amide bonds. The summed E-state index contributed by atoms with van der Waals surface area (Å²) in [5.74, 6) is 1.25. The van der Waals surface area contributed by atoms with Gasteiger partial charge in [-0.05, 0) is 44.3 Å². The summed E-state index contributed by atoms with van der Waals surface area (Å²) in [5, 5.41) is 7.00. The van der Waals surface area contributed by atoms with Gasteiger partial charge >= 0.3 is 0 Å². The Labute approximate surface area is 167 Å². The molecular formula is C22H29N3O3. The van der Waals surface area contributed by atoms with Crippen LogP contribution in [0.25, 0.3) is 0 Å². The van der Waals surface area contributed by atoms with E-state index in [-0.39, 0.29) is 0 Å². The smallest absolute Gasteiger partial charge is 0.221 e. The minimum atomic E-state index is 0.501. The second-order valence-corrected chi connectivity index (χ2v) is 6.52. The summed E-state index contributed by atoms with van der Waals surface area (Å²) in [7, 11) is 4.86. The molecule has 0 bridgehead atoms. The van der Waals surface area contributed by atoms with Gasteiger partial charge in [0.05, 0.1) is 0 Å². The molecule has 1 saturated heterocycles. The Kier molecular flexibility index (Phi) is 8.65. The molecule has 0 unspecified atom stereocenters. The molecule has 2 aromatic carbocycles. The van der Waals surface area contributed by atoms with Crippen LogP contribution in [0.4, 0.5) is 5.69 Å². The summed E-state index contributed by atoms with van der Waals surface area (Å²) < 4.78 is 6.03. The van der Waals surface area contributed by atoms with E-state index in [9.17, 15) is 4.79 Å². The highest BCUT2D eigenvalue weighted by molar-refractivity contribution is 5.97. The van der Waals surface area contributed by atoms with Crippen LogP contribution in [0.3, 0.4) is 0 Å². The van der Waals surface area contributed by atoms with Crippen molar-refractivity contribution in [2.75, 3.05) is 52.3 Å².